The van der Waals surface area contributed by atoms with E-state index in [-0.39, 0.29) is 6.54 Å². The highest BCUT2D eigenvalue weighted by Crippen LogP contribution is 2.32. The standard InChI is InChI=1S/C21H20N2O3S2/c1-3-14-7-9-15(10-8-14)11-18-20(25)23(21(26)28-18)13-19(24)22-16-5-4-6-17(12-16)27-2/h4-12H,3,13H2,1-2H3,(H,22,24)/b18-11-. The molecule has 1 fully saturated rings. The summed E-state index contributed by atoms with van der Waals surface area (Å²) in [5.74, 6) is -0.850. The fraction of sp³-hybridized carbons (Fsp3) is 0.190. The third-order valence-corrected chi connectivity index (χ3v) is 5.85. The van der Waals surface area contributed by atoms with Crippen LogP contribution in [-0.4, -0.2) is 34.8 Å². The number of imide groups is 1. The van der Waals surface area contributed by atoms with Gasteiger partial charge in [0.2, 0.25) is 5.91 Å². The first-order valence-corrected chi connectivity index (χ1v) is 10.8. The van der Waals surface area contributed by atoms with Gasteiger partial charge in [0.15, 0.2) is 0 Å². The topological polar surface area (TPSA) is 66.5 Å². The number of benzene rings is 2. The Balaban J connectivity index is 1.67. The van der Waals surface area contributed by atoms with Gasteiger partial charge in [0.25, 0.3) is 11.1 Å². The highest BCUT2D eigenvalue weighted by molar-refractivity contribution is 8.18. The minimum absolute atomic E-state index is 0.305. The van der Waals surface area contributed by atoms with Gasteiger partial charge in [-0.1, -0.05) is 37.3 Å². The molecule has 1 saturated heterocycles. The Morgan fingerprint density at radius 2 is 1.93 bits per heavy atom. The molecule has 5 nitrogen and oxygen atoms in total. The Bertz CT molecular complexity index is 939. The third-order valence-electron chi connectivity index (χ3n) is 4.21. The Kier molecular flexibility index (Phi) is 6.59. The molecule has 7 heteroatoms. The van der Waals surface area contributed by atoms with Crippen molar-refractivity contribution >= 4 is 52.3 Å². The second-order valence-corrected chi connectivity index (χ2v) is 8.02. The molecule has 0 saturated carbocycles. The average molecular weight is 413 g/mol. The van der Waals surface area contributed by atoms with E-state index in [1.807, 2.05) is 48.7 Å². The molecule has 0 radical (unpaired) electrons. The molecule has 144 valence electrons. The zero-order valence-electron chi connectivity index (χ0n) is 15.6. The summed E-state index contributed by atoms with van der Waals surface area (Å²) in [6.45, 7) is 1.77. The summed E-state index contributed by atoms with van der Waals surface area (Å²) in [7, 11) is 0. The summed E-state index contributed by atoms with van der Waals surface area (Å²) in [6.07, 6.45) is 4.57. The highest BCUT2D eigenvalue weighted by atomic mass is 32.2. The zero-order chi connectivity index (χ0) is 20.1. The lowest BCUT2D eigenvalue weighted by molar-refractivity contribution is -0.127. The fourth-order valence-corrected chi connectivity index (χ4v) is 3.98. The van der Waals surface area contributed by atoms with Crippen molar-refractivity contribution in [3.8, 4) is 0 Å². The van der Waals surface area contributed by atoms with Crippen molar-refractivity contribution < 1.29 is 14.4 Å². The molecule has 1 aliphatic heterocycles. The largest absolute Gasteiger partial charge is 0.324 e. The smallest absolute Gasteiger partial charge is 0.294 e. The lowest BCUT2D eigenvalue weighted by Crippen LogP contribution is -2.36. The Morgan fingerprint density at radius 1 is 1.18 bits per heavy atom. The van der Waals surface area contributed by atoms with Gasteiger partial charge in [0.05, 0.1) is 4.91 Å². The maximum Gasteiger partial charge on any atom is 0.294 e. The number of carbonyl (C=O) groups is 3. The third kappa shape index (κ3) is 4.85. The predicted octanol–water partition coefficient (Wildman–Crippen LogP) is 4.65. The second kappa shape index (κ2) is 9.12. The van der Waals surface area contributed by atoms with Gasteiger partial charge in [0.1, 0.15) is 6.54 Å². The zero-order valence-corrected chi connectivity index (χ0v) is 17.2. The summed E-state index contributed by atoms with van der Waals surface area (Å²) < 4.78 is 0. The lowest BCUT2D eigenvalue weighted by atomic mass is 10.1. The molecule has 0 aromatic heterocycles. The summed E-state index contributed by atoms with van der Waals surface area (Å²) in [6, 6.07) is 15.2. The number of carbonyl (C=O) groups excluding carboxylic acids is 3. The van der Waals surface area contributed by atoms with Crippen LogP contribution in [-0.2, 0) is 16.0 Å². The van der Waals surface area contributed by atoms with Crippen molar-refractivity contribution in [3.05, 3.63) is 64.6 Å². The van der Waals surface area contributed by atoms with Crippen molar-refractivity contribution in [1.29, 1.82) is 0 Å². The number of aryl methyl sites for hydroxylation is 1. The average Bonchev–Trinajstić information content (AvgIpc) is 2.96. The molecule has 3 amide bonds. The predicted molar refractivity (Wildman–Crippen MR) is 115 cm³/mol. The van der Waals surface area contributed by atoms with Crippen LogP contribution in [0.1, 0.15) is 18.1 Å². The molecular formula is C21H20N2O3S2. The van der Waals surface area contributed by atoms with Crippen LogP contribution in [0.15, 0.2) is 58.3 Å². The van der Waals surface area contributed by atoms with Crippen molar-refractivity contribution in [2.24, 2.45) is 0 Å². The number of anilines is 1. The van der Waals surface area contributed by atoms with Gasteiger partial charge in [-0.15, -0.1) is 11.8 Å². The van der Waals surface area contributed by atoms with Crippen molar-refractivity contribution in [1.82, 2.24) is 4.90 Å². The van der Waals surface area contributed by atoms with Crippen LogP contribution in [0.5, 0.6) is 0 Å². The highest BCUT2D eigenvalue weighted by Gasteiger charge is 2.36. The Hall–Kier alpha value is -2.51. The first kappa shape index (κ1) is 20.2. The van der Waals surface area contributed by atoms with E-state index in [1.54, 1.807) is 23.9 Å². The molecule has 2 aromatic carbocycles. The van der Waals surface area contributed by atoms with E-state index in [0.717, 1.165) is 33.5 Å². The summed E-state index contributed by atoms with van der Waals surface area (Å²) in [5, 5.41) is 2.30. The SMILES string of the molecule is CCc1ccc(/C=C2\SC(=O)N(CC(=O)Nc3cccc(SC)c3)C2=O)cc1. The minimum atomic E-state index is -0.442. The molecule has 0 aliphatic carbocycles. The van der Waals surface area contributed by atoms with Crippen LogP contribution >= 0.6 is 23.5 Å². The van der Waals surface area contributed by atoms with E-state index >= 15 is 0 Å². The van der Waals surface area contributed by atoms with Gasteiger partial charge < -0.3 is 5.32 Å². The lowest BCUT2D eigenvalue weighted by Gasteiger charge is -2.12. The molecule has 3 rings (SSSR count). The molecular weight excluding hydrogens is 392 g/mol. The van der Waals surface area contributed by atoms with Gasteiger partial charge in [-0.3, -0.25) is 19.3 Å². The molecule has 1 aliphatic rings. The number of amides is 3. The van der Waals surface area contributed by atoms with Crippen molar-refractivity contribution in [2.45, 2.75) is 18.2 Å². The number of thioether (sulfide) groups is 2. The molecule has 28 heavy (non-hydrogen) atoms. The van der Waals surface area contributed by atoms with Crippen LogP contribution < -0.4 is 5.32 Å². The first-order valence-electron chi connectivity index (χ1n) is 8.78. The fourth-order valence-electron chi connectivity index (χ4n) is 2.68. The van der Waals surface area contributed by atoms with Gasteiger partial charge in [-0.2, -0.15) is 0 Å². The van der Waals surface area contributed by atoms with Gasteiger partial charge >= 0.3 is 0 Å². The summed E-state index contributed by atoms with van der Waals surface area (Å²) in [5.41, 5.74) is 2.68. The maximum absolute atomic E-state index is 12.6. The van der Waals surface area contributed by atoms with E-state index in [2.05, 4.69) is 12.2 Å². The van der Waals surface area contributed by atoms with Crippen LogP contribution in [0.3, 0.4) is 0 Å². The van der Waals surface area contributed by atoms with Crippen LogP contribution in [0.25, 0.3) is 6.08 Å². The summed E-state index contributed by atoms with van der Waals surface area (Å²) in [4.78, 5) is 39.4. The van der Waals surface area contributed by atoms with E-state index in [4.69, 9.17) is 0 Å². The van der Waals surface area contributed by atoms with Crippen molar-refractivity contribution in [3.63, 3.8) is 0 Å². The van der Waals surface area contributed by atoms with Gasteiger partial charge in [0, 0.05) is 10.6 Å². The van der Waals surface area contributed by atoms with E-state index in [9.17, 15) is 14.4 Å². The summed E-state index contributed by atoms with van der Waals surface area (Å²) >= 11 is 2.42. The molecule has 1 N–H and O–H groups in total. The normalized spacial score (nSPS) is 15.4. The quantitative estimate of drug-likeness (QED) is 0.553. The van der Waals surface area contributed by atoms with E-state index in [0.29, 0.717) is 10.6 Å². The second-order valence-electron chi connectivity index (χ2n) is 6.14. The minimum Gasteiger partial charge on any atom is -0.324 e. The Morgan fingerprint density at radius 3 is 2.61 bits per heavy atom. The molecule has 0 spiro atoms. The van der Waals surface area contributed by atoms with Gasteiger partial charge in [-0.05, 0) is 59.8 Å². The molecule has 2 aromatic rings. The number of hydrogen-bond acceptors (Lipinski definition) is 5. The monoisotopic (exact) mass is 412 g/mol. The Labute approximate surface area is 172 Å². The molecule has 1 heterocycles. The number of nitrogens with one attached hydrogen (secondary N) is 1. The van der Waals surface area contributed by atoms with E-state index < -0.39 is 17.1 Å². The number of hydrogen-bond donors (Lipinski definition) is 1. The molecule has 0 atom stereocenters. The number of nitrogens with zero attached hydrogens (tertiary/aromatic N) is 1. The first-order chi connectivity index (χ1) is 13.5. The van der Waals surface area contributed by atoms with Crippen LogP contribution in [0, 0.1) is 0 Å². The van der Waals surface area contributed by atoms with Crippen LogP contribution in [0.2, 0.25) is 0 Å². The number of rotatable bonds is 6. The van der Waals surface area contributed by atoms with E-state index in [1.165, 1.54) is 5.56 Å². The van der Waals surface area contributed by atoms with Gasteiger partial charge in [-0.25, -0.2) is 0 Å². The maximum atomic E-state index is 12.6. The van der Waals surface area contributed by atoms with Crippen LogP contribution in [0.4, 0.5) is 10.5 Å². The molecule has 0 unspecified atom stereocenters. The molecule has 0 bridgehead atoms. The van der Waals surface area contributed by atoms with Crippen molar-refractivity contribution in [2.75, 3.05) is 18.1 Å².